The van der Waals surface area contributed by atoms with Crippen molar-refractivity contribution in [2.45, 2.75) is 51.5 Å². The van der Waals surface area contributed by atoms with Crippen molar-refractivity contribution in [3.05, 3.63) is 0 Å². The molecule has 1 aliphatic carbocycles. The van der Waals surface area contributed by atoms with Crippen LogP contribution in [0.5, 0.6) is 0 Å². The number of Topliss-reactive ketones (excluding diaryl/α,β-unsaturated/α-hetero) is 1. The van der Waals surface area contributed by atoms with Crippen molar-refractivity contribution in [2.24, 2.45) is 11.8 Å². The molecule has 0 spiro atoms. The number of carbonyl (C=O) groups is 3. The van der Waals surface area contributed by atoms with E-state index in [-0.39, 0.29) is 11.8 Å². The average Bonchev–Trinajstić information content (AvgIpc) is 2.37. The Morgan fingerprint density at radius 2 is 1.67 bits per heavy atom. The fraction of sp³-hybridized carbons (Fsp3) is 0.750. The molecular weight excluding hydrogens is 234 g/mol. The Kier molecular flexibility index (Phi) is 4.84. The third-order valence-electron chi connectivity index (χ3n) is 3.32. The molecule has 0 radical (unpaired) electrons. The molecule has 18 heavy (non-hydrogen) atoms. The Morgan fingerprint density at radius 3 is 2.17 bits per heavy atom. The lowest BCUT2D eigenvalue weighted by Crippen LogP contribution is -2.57. The van der Waals surface area contributed by atoms with Gasteiger partial charge in [-0.1, -0.05) is 19.3 Å². The molecule has 0 aromatic rings. The van der Waals surface area contributed by atoms with Crippen molar-refractivity contribution < 1.29 is 14.4 Å². The minimum atomic E-state index is -1.22. The van der Waals surface area contributed by atoms with Gasteiger partial charge in [-0.25, -0.2) is 5.84 Å². The van der Waals surface area contributed by atoms with Gasteiger partial charge in [-0.15, -0.1) is 0 Å². The second-order valence-electron chi connectivity index (χ2n) is 5.25. The average molecular weight is 255 g/mol. The lowest BCUT2D eigenvalue weighted by atomic mass is 9.87. The van der Waals surface area contributed by atoms with Crippen LogP contribution in [0.1, 0.15) is 46.0 Å². The first-order valence-electron chi connectivity index (χ1n) is 6.26. The monoisotopic (exact) mass is 255 g/mol. The van der Waals surface area contributed by atoms with Gasteiger partial charge in [-0.2, -0.15) is 0 Å². The highest BCUT2D eigenvalue weighted by molar-refractivity contribution is 6.39. The van der Waals surface area contributed by atoms with Crippen LogP contribution in [0.25, 0.3) is 0 Å². The quantitative estimate of drug-likeness (QED) is 0.285. The third-order valence-corrected chi connectivity index (χ3v) is 3.32. The van der Waals surface area contributed by atoms with Gasteiger partial charge in [0, 0.05) is 5.92 Å². The van der Waals surface area contributed by atoms with Crippen molar-refractivity contribution in [1.29, 1.82) is 0 Å². The highest BCUT2D eigenvalue weighted by Crippen LogP contribution is 2.24. The van der Waals surface area contributed by atoms with Crippen LogP contribution in [0.15, 0.2) is 0 Å². The zero-order valence-electron chi connectivity index (χ0n) is 10.9. The van der Waals surface area contributed by atoms with Gasteiger partial charge in [0.1, 0.15) is 5.54 Å². The summed E-state index contributed by atoms with van der Waals surface area (Å²) in [4.78, 5) is 34.9. The molecule has 0 aliphatic heterocycles. The SMILES string of the molecule is CC(C)(NC(=O)C1CCCCC1)C(=O)C(=O)NN. The van der Waals surface area contributed by atoms with E-state index in [2.05, 4.69) is 5.32 Å². The van der Waals surface area contributed by atoms with Crippen molar-refractivity contribution >= 4 is 17.6 Å². The molecule has 1 saturated carbocycles. The van der Waals surface area contributed by atoms with Gasteiger partial charge >= 0.3 is 5.91 Å². The Bertz CT molecular complexity index is 346. The number of nitrogens with one attached hydrogen (secondary N) is 2. The number of carbonyl (C=O) groups excluding carboxylic acids is 3. The standard InChI is InChI=1S/C12H21N3O3/c1-12(2,9(16)11(18)15-13)14-10(17)8-6-4-3-5-7-8/h8H,3-7,13H2,1-2H3,(H,14,17)(H,15,18). The Morgan fingerprint density at radius 1 is 1.11 bits per heavy atom. The lowest BCUT2D eigenvalue weighted by Gasteiger charge is -2.28. The molecular formula is C12H21N3O3. The van der Waals surface area contributed by atoms with Gasteiger partial charge in [-0.05, 0) is 26.7 Å². The van der Waals surface area contributed by atoms with Crippen molar-refractivity contribution in [3.8, 4) is 0 Å². The van der Waals surface area contributed by atoms with E-state index in [4.69, 9.17) is 5.84 Å². The van der Waals surface area contributed by atoms with Crippen LogP contribution in [0.4, 0.5) is 0 Å². The maximum absolute atomic E-state index is 12.0. The van der Waals surface area contributed by atoms with Gasteiger partial charge in [0.2, 0.25) is 11.7 Å². The van der Waals surface area contributed by atoms with Crippen molar-refractivity contribution in [1.82, 2.24) is 10.7 Å². The smallest absolute Gasteiger partial charge is 0.303 e. The summed E-state index contributed by atoms with van der Waals surface area (Å²) in [7, 11) is 0. The summed E-state index contributed by atoms with van der Waals surface area (Å²) in [5, 5.41) is 2.64. The number of hydrogen-bond donors (Lipinski definition) is 3. The molecule has 2 amide bonds. The molecule has 0 unspecified atom stereocenters. The Balaban J connectivity index is 2.61. The molecule has 1 fully saturated rings. The number of hydrazine groups is 1. The summed E-state index contributed by atoms with van der Waals surface area (Å²) < 4.78 is 0. The Hall–Kier alpha value is -1.43. The number of hydrogen-bond acceptors (Lipinski definition) is 4. The number of nitrogens with two attached hydrogens (primary N) is 1. The van der Waals surface area contributed by atoms with Crippen LogP contribution in [0.2, 0.25) is 0 Å². The largest absolute Gasteiger partial charge is 0.343 e. The number of ketones is 1. The summed E-state index contributed by atoms with van der Waals surface area (Å²) in [5.41, 5.74) is 0.560. The van der Waals surface area contributed by atoms with Gasteiger partial charge in [0.05, 0.1) is 0 Å². The van der Waals surface area contributed by atoms with E-state index in [1.165, 1.54) is 13.8 Å². The molecule has 6 nitrogen and oxygen atoms in total. The first-order valence-corrected chi connectivity index (χ1v) is 6.26. The summed E-state index contributed by atoms with van der Waals surface area (Å²) in [6, 6.07) is 0. The minimum absolute atomic E-state index is 0.0493. The second kappa shape index (κ2) is 5.95. The highest BCUT2D eigenvalue weighted by Gasteiger charge is 2.36. The summed E-state index contributed by atoms with van der Waals surface area (Å²) in [6.45, 7) is 3.01. The van der Waals surface area contributed by atoms with E-state index in [9.17, 15) is 14.4 Å². The maximum Gasteiger partial charge on any atom is 0.303 e. The number of amides is 2. The van der Waals surface area contributed by atoms with E-state index in [1.54, 1.807) is 5.43 Å². The van der Waals surface area contributed by atoms with Crippen LogP contribution in [-0.4, -0.2) is 23.1 Å². The summed E-state index contributed by atoms with van der Waals surface area (Å²) in [5.74, 6) is 3.07. The van der Waals surface area contributed by atoms with Crippen LogP contribution in [-0.2, 0) is 14.4 Å². The molecule has 0 saturated heterocycles. The molecule has 102 valence electrons. The molecule has 4 N–H and O–H groups in total. The molecule has 0 bridgehead atoms. The van der Waals surface area contributed by atoms with E-state index in [1.807, 2.05) is 0 Å². The van der Waals surface area contributed by atoms with Crippen LogP contribution in [0.3, 0.4) is 0 Å². The Labute approximate surface area is 107 Å². The molecule has 0 aromatic carbocycles. The zero-order valence-corrected chi connectivity index (χ0v) is 10.9. The van der Waals surface area contributed by atoms with E-state index in [0.717, 1.165) is 32.1 Å². The molecule has 6 heteroatoms. The molecule has 0 aromatic heterocycles. The second-order valence-corrected chi connectivity index (χ2v) is 5.25. The van der Waals surface area contributed by atoms with Crippen LogP contribution < -0.4 is 16.6 Å². The normalized spacial score (nSPS) is 17.1. The first-order chi connectivity index (χ1) is 8.38. The van der Waals surface area contributed by atoms with Gasteiger partial charge in [0.15, 0.2) is 0 Å². The first kappa shape index (κ1) is 14.6. The van der Waals surface area contributed by atoms with E-state index < -0.39 is 17.2 Å². The van der Waals surface area contributed by atoms with Crippen LogP contribution >= 0.6 is 0 Å². The van der Waals surface area contributed by atoms with E-state index in [0.29, 0.717) is 0 Å². The fourth-order valence-corrected chi connectivity index (χ4v) is 2.18. The van der Waals surface area contributed by atoms with Crippen molar-refractivity contribution in [2.75, 3.05) is 0 Å². The molecule has 0 atom stereocenters. The predicted molar refractivity (Wildman–Crippen MR) is 66.1 cm³/mol. The highest BCUT2D eigenvalue weighted by atomic mass is 16.2. The molecule has 1 aliphatic rings. The maximum atomic E-state index is 12.0. The van der Waals surface area contributed by atoms with Gasteiger partial charge in [-0.3, -0.25) is 19.8 Å². The van der Waals surface area contributed by atoms with Crippen LogP contribution in [0, 0.1) is 5.92 Å². The van der Waals surface area contributed by atoms with Crippen molar-refractivity contribution in [3.63, 3.8) is 0 Å². The minimum Gasteiger partial charge on any atom is -0.343 e. The van der Waals surface area contributed by atoms with Gasteiger partial charge < -0.3 is 5.32 Å². The van der Waals surface area contributed by atoms with E-state index >= 15 is 0 Å². The lowest BCUT2D eigenvalue weighted by molar-refractivity contribution is -0.143. The van der Waals surface area contributed by atoms with Gasteiger partial charge in [0.25, 0.3) is 0 Å². The number of rotatable bonds is 4. The molecule has 1 rings (SSSR count). The topological polar surface area (TPSA) is 101 Å². The molecule has 0 heterocycles. The summed E-state index contributed by atoms with van der Waals surface area (Å²) in [6.07, 6.45) is 4.92. The zero-order chi connectivity index (χ0) is 13.8. The fourth-order valence-electron chi connectivity index (χ4n) is 2.18. The summed E-state index contributed by atoms with van der Waals surface area (Å²) >= 11 is 0. The third kappa shape index (κ3) is 3.53. The predicted octanol–water partition coefficient (Wildman–Crippen LogP) is 0.0205.